The third-order valence-electron chi connectivity index (χ3n) is 2.36. The summed E-state index contributed by atoms with van der Waals surface area (Å²) in [5, 5.41) is 8.77. The van der Waals surface area contributed by atoms with Crippen molar-refractivity contribution >= 4 is 27.5 Å². The van der Waals surface area contributed by atoms with E-state index >= 15 is 0 Å². The SMILES string of the molecule is CN(CCO)C(=O)c1ccc2ncsc2c1. The van der Waals surface area contributed by atoms with E-state index in [2.05, 4.69) is 4.98 Å². The lowest BCUT2D eigenvalue weighted by atomic mass is 10.2. The van der Waals surface area contributed by atoms with E-state index in [9.17, 15) is 4.79 Å². The molecule has 1 heterocycles. The zero-order valence-electron chi connectivity index (χ0n) is 8.88. The Kier molecular flexibility index (Phi) is 3.17. The third-order valence-corrected chi connectivity index (χ3v) is 3.15. The fourth-order valence-corrected chi connectivity index (χ4v) is 2.18. The number of aromatic nitrogens is 1. The number of likely N-dealkylation sites (N-methyl/N-ethyl adjacent to an activating group) is 1. The lowest BCUT2D eigenvalue weighted by Gasteiger charge is -2.15. The number of thiazole rings is 1. The summed E-state index contributed by atoms with van der Waals surface area (Å²) < 4.78 is 1.00. The number of hydrogen-bond acceptors (Lipinski definition) is 4. The molecule has 2 rings (SSSR count). The predicted octanol–water partition coefficient (Wildman–Crippen LogP) is 1.36. The summed E-state index contributed by atoms with van der Waals surface area (Å²) in [6.07, 6.45) is 0. The summed E-state index contributed by atoms with van der Waals surface area (Å²) in [5.41, 5.74) is 3.30. The van der Waals surface area contributed by atoms with Gasteiger partial charge in [-0.15, -0.1) is 11.3 Å². The van der Waals surface area contributed by atoms with E-state index in [0.717, 1.165) is 10.2 Å². The number of aliphatic hydroxyl groups is 1. The molecular weight excluding hydrogens is 224 g/mol. The van der Waals surface area contributed by atoms with Gasteiger partial charge in [0.15, 0.2) is 0 Å². The summed E-state index contributed by atoms with van der Waals surface area (Å²) in [5.74, 6) is -0.0793. The van der Waals surface area contributed by atoms with E-state index in [-0.39, 0.29) is 12.5 Å². The van der Waals surface area contributed by atoms with E-state index < -0.39 is 0 Å². The van der Waals surface area contributed by atoms with Crippen LogP contribution in [0, 0.1) is 0 Å². The summed E-state index contributed by atoms with van der Waals surface area (Å²) in [6.45, 7) is 0.324. The fourth-order valence-electron chi connectivity index (χ4n) is 1.46. The van der Waals surface area contributed by atoms with Gasteiger partial charge in [0.25, 0.3) is 5.91 Å². The van der Waals surface area contributed by atoms with Gasteiger partial charge in [0, 0.05) is 19.2 Å². The first-order valence-corrected chi connectivity index (χ1v) is 5.80. The molecular formula is C11H12N2O2S. The second kappa shape index (κ2) is 4.59. The normalized spacial score (nSPS) is 10.6. The van der Waals surface area contributed by atoms with Crippen molar-refractivity contribution in [3.63, 3.8) is 0 Å². The average molecular weight is 236 g/mol. The van der Waals surface area contributed by atoms with Crippen LogP contribution in [0.3, 0.4) is 0 Å². The Labute approximate surface area is 97.1 Å². The molecule has 1 amide bonds. The van der Waals surface area contributed by atoms with Crippen LogP contribution in [-0.4, -0.2) is 41.1 Å². The smallest absolute Gasteiger partial charge is 0.253 e. The molecule has 0 radical (unpaired) electrons. The highest BCUT2D eigenvalue weighted by molar-refractivity contribution is 7.16. The molecule has 5 heteroatoms. The number of carbonyl (C=O) groups excluding carboxylic acids is 1. The molecule has 0 aliphatic carbocycles. The molecule has 4 nitrogen and oxygen atoms in total. The lowest BCUT2D eigenvalue weighted by Crippen LogP contribution is -2.29. The Hall–Kier alpha value is -1.46. The number of aliphatic hydroxyl groups excluding tert-OH is 1. The number of amides is 1. The van der Waals surface area contributed by atoms with Crippen molar-refractivity contribution in [2.45, 2.75) is 0 Å². The van der Waals surface area contributed by atoms with Crippen molar-refractivity contribution in [2.75, 3.05) is 20.2 Å². The first-order valence-electron chi connectivity index (χ1n) is 4.92. The molecule has 0 saturated carbocycles. The molecule has 0 bridgehead atoms. The molecule has 0 aliphatic rings. The average Bonchev–Trinajstić information content (AvgIpc) is 2.75. The maximum atomic E-state index is 11.9. The Balaban J connectivity index is 2.28. The van der Waals surface area contributed by atoms with Crippen LogP contribution in [0.15, 0.2) is 23.7 Å². The second-order valence-electron chi connectivity index (χ2n) is 3.49. The number of rotatable bonds is 3. The molecule has 1 N–H and O–H groups in total. The van der Waals surface area contributed by atoms with Gasteiger partial charge in [-0.3, -0.25) is 4.79 Å². The van der Waals surface area contributed by atoms with E-state index in [1.807, 2.05) is 12.1 Å². The van der Waals surface area contributed by atoms with Gasteiger partial charge in [0.2, 0.25) is 0 Å². The lowest BCUT2D eigenvalue weighted by molar-refractivity contribution is 0.0767. The van der Waals surface area contributed by atoms with Crippen LogP contribution in [-0.2, 0) is 0 Å². The van der Waals surface area contributed by atoms with E-state index in [4.69, 9.17) is 5.11 Å². The molecule has 0 aliphatic heterocycles. The van der Waals surface area contributed by atoms with Crippen molar-refractivity contribution in [2.24, 2.45) is 0 Å². The Morgan fingerprint density at radius 2 is 2.38 bits per heavy atom. The van der Waals surface area contributed by atoms with Gasteiger partial charge in [0.05, 0.1) is 22.3 Å². The molecule has 0 spiro atoms. The van der Waals surface area contributed by atoms with Gasteiger partial charge in [-0.25, -0.2) is 4.98 Å². The Morgan fingerprint density at radius 3 is 3.12 bits per heavy atom. The predicted molar refractivity (Wildman–Crippen MR) is 63.7 cm³/mol. The summed E-state index contributed by atoms with van der Waals surface area (Å²) in [4.78, 5) is 17.6. The Morgan fingerprint density at radius 1 is 1.56 bits per heavy atom. The first-order chi connectivity index (χ1) is 7.72. The monoisotopic (exact) mass is 236 g/mol. The molecule has 84 valence electrons. The van der Waals surface area contributed by atoms with Crippen LogP contribution in [0.2, 0.25) is 0 Å². The van der Waals surface area contributed by atoms with Crippen molar-refractivity contribution in [3.8, 4) is 0 Å². The highest BCUT2D eigenvalue weighted by atomic mass is 32.1. The highest BCUT2D eigenvalue weighted by Gasteiger charge is 2.11. The van der Waals surface area contributed by atoms with Gasteiger partial charge in [-0.1, -0.05) is 0 Å². The zero-order chi connectivity index (χ0) is 11.5. The Bertz CT molecular complexity index is 509. The fraction of sp³-hybridized carbons (Fsp3) is 0.273. The summed E-state index contributed by atoms with van der Waals surface area (Å²) >= 11 is 1.51. The van der Waals surface area contributed by atoms with E-state index in [1.54, 1.807) is 18.6 Å². The van der Waals surface area contributed by atoms with E-state index in [1.165, 1.54) is 16.2 Å². The molecule has 0 saturated heterocycles. The molecule has 1 aromatic heterocycles. The molecule has 16 heavy (non-hydrogen) atoms. The summed E-state index contributed by atoms with van der Waals surface area (Å²) in [7, 11) is 1.68. The number of fused-ring (bicyclic) bond motifs is 1. The van der Waals surface area contributed by atoms with Crippen LogP contribution in [0.5, 0.6) is 0 Å². The van der Waals surface area contributed by atoms with Gasteiger partial charge < -0.3 is 10.0 Å². The van der Waals surface area contributed by atoms with Crippen LogP contribution in [0.4, 0.5) is 0 Å². The minimum atomic E-state index is -0.0793. The molecule has 0 fully saturated rings. The van der Waals surface area contributed by atoms with Crippen LogP contribution in [0.25, 0.3) is 10.2 Å². The quantitative estimate of drug-likeness (QED) is 0.875. The van der Waals surface area contributed by atoms with Crippen molar-refractivity contribution in [3.05, 3.63) is 29.3 Å². The molecule has 1 aromatic carbocycles. The van der Waals surface area contributed by atoms with Crippen LogP contribution >= 0.6 is 11.3 Å². The van der Waals surface area contributed by atoms with Gasteiger partial charge in [0.1, 0.15) is 0 Å². The van der Waals surface area contributed by atoms with E-state index in [0.29, 0.717) is 12.1 Å². The summed E-state index contributed by atoms with van der Waals surface area (Å²) in [6, 6.07) is 5.44. The molecule has 0 atom stereocenters. The first kappa shape index (κ1) is 11.0. The number of benzene rings is 1. The topological polar surface area (TPSA) is 53.4 Å². The minimum absolute atomic E-state index is 0.0228. The van der Waals surface area contributed by atoms with Crippen molar-refractivity contribution < 1.29 is 9.90 Å². The molecule has 0 unspecified atom stereocenters. The van der Waals surface area contributed by atoms with Gasteiger partial charge in [-0.2, -0.15) is 0 Å². The van der Waals surface area contributed by atoms with Crippen molar-refractivity contribution in [1.82, 2.24) is 9.88 Å². The van der Waals surface area contributed by atoms with Crippen LogP contribution < -0.4 is 0 Å². The highest BCUT2D eigenvalue weighted by Crippen LogP contribution is 2.19. The van der Waals surface area contributed by atoms with Gasteiger partial charge in [-0.05, 0) is 18.2 Å². The van der Waals surface area contributed by atoms with Gasteiger partial charge >= 0.3 is 0 Å². The van der Waals surface area contributed by atoms with Crippen LogP contribution in [0.1, 0.15) is 10.4 Å². The molecule has 2 aromatic rings. The largest absolute Gasteiger partial charge is 0.395 e. The second-order valence-corrected chi connectivity index (χ2v) is 4.37. The number of nitrogens with zero attached hydrogens (tertiary/aromatic N) is 2. The maximum absolute atomic E-state index is 11.9. The third kappa shape index (κ3) is 2.05. The number of carbonyl (C=O) groups is 1. The minimum Gasteiger partial charge on any atom is -0.395 e. The maximum Gasteiger partial charge on any atom is 0.253 e. The standard InChI is InChI=1S/C11H12N2O2S/c1-13(4-5-14)11(15)8-2-3-9-10(6-8)16-7-12-9/h2-3,6-7,14H,4-5H2,1H3. The number of hydrogen-bond donors (Lipinski definition) is 1. The van der Waals surface area contributed by atoms with Crippen molar-refractivity contribution in [1.29, 1.82) is 0 Å². The zero-order valence-corrected chi connectivity index (χ0v) is 9.70.